The molecule has 0 saturated carbocycles. The van der Waals surface area contributed by atoms with Crippen LogP contribution in [-0.2, 0) is 0 Å². The third kappa shape index (κ3) is 2.71. The number of aromatic nitrogens is 1. The Labute approximate surface area is 125 Å². The molecule has 0 unspecified atom stereocenters. The van der Waals surface area contributed by atoms with Gasteiger partial charge in [0.05, 0.1) is 5.52 Å². The van der Waals surface area contributed by atoms with E-state index in [1.54, 1.807) is 0 Å². The van der Waals surface area contributed by atoms with Gasteiger partial charge in [0.15, 0.2) is 0 Å². The number of nitrogens with zero attached hydrogens (tertiary/aromatic N) is 2. The number of rotatable bonds is 3. The van der Waals surface area contributed by atoms with Crippen LogP contribution in [0.4, 0.5) is 5.82 Å². The van der Waals surface area contributed by atoms with E-state index in [0.717, 1.165) is 41.3 Å². The Morgan fingerprint density at radius 1 is 1.33 bits per heavy atom. The van der Waals surface area contributed by atoms with Crippen molar-refractivity contribution in [2.75, 3.05) is 18.0 Å². The van der Waals surface area contributed by atoms with Crippen LogP contribution in [0.5, 0.6) is 0 Å². The number of hydrogen-bond acceptors (Lipinski definition) is 3. The Bertz CT molecular complexity index is 657. The van der Waals surface area contributed by atoms with Crippen LogP contribution in [0.1, 0.15) is 31.7 Å². The lowest BCUT2D eigenvalue weighted by Crippen LogP contribution is -2.34. The SMILES string of the molecule is CCC1CCN(c2cc(C(=N)N)c3ccccc3n2)CC1. The molecule has 0 bridgehead atoms. The number of benzene rings is 1. The van der Waals surface area contributed by atoms with Gasteiger partial charge < -0.3 is 10.6 Å². The molecule has 0 radical (unpaired) electrons. The average Bonchev–Trinajstić information content (AvgIpc) is 2.53. The smallest absolute Gasteiger partial charge is 0.129 e. The first kappa shape index (κ1) is 13.9. The van der Waals surface area contributed by atoms with Crippen molar-refractivity contribution in [3.63, 3.8) is 0 Å². The van der Waals surface area contributed by atoms with E-state index in [1.165, 1.54) is 19.3 Å². The molecule has 4 heteroatoms. The average molecular weight is 282 g/mol. The third-order valence-electron chi connectivity index (χ3n) is 4.51. The van der Waals surface area contributed by atoms with Gasteiger partial charge in [0.2, 0.25) is 0 Å². The minimum atomic E-state index is 0.110. The quantitative estimate of drug-likeness (QED) is 0.671. The predicted octanol–water partition coefficient (Wildman–Crippen LogP) is 3.15. The second-order valence-electron chi connectivity index (χ2n) is 5.80. The number of nitrogens with one attached hydrogen (secondary N) is 1. The second-order valence-corrected chi connectivity index (χ2v) is 5.80. The number of para-hydroxylation sites is 1. The fraction of sp³-hybridized carbons (Fsp3) is 0.412. The van der Waals surface area contributed by atoms with Crippen LogP contribution in [0.2, 0.25) is 0 Å². The van der Waals surface area contributed by atoms with Crippen LogP contribution in [-0.4, -0.2) is 23.9 Å². The Balaban J connectivity index is 1.98. The summed E-state index contributed by atoms with van der Waals surface area (Å²) in [5.41, 5.74) is 7.46. The van der Waals surface area contributed by atoms with E-state index in [9.17, 15) is 0 Å². The Morgan fingerprint density at radius 3 is 2.71 bits per heavy atom. The van der Waals surface area contributed by atoms with Crippen molar-refractivity contribution in [3.8, 4) is 0 Å². The summed E-state index contributed by atoms with van der Waals surface area (Å²) < 4.78 is 0. The fourth-order valence-electron chi connectivity index (χ4n) is 3.12. The molecule has 21 heavy (non-hydrogen) atoms. The molecule has 0 aliphatic carbocycles. The molecular formula is C17H22N4. The first-order valence-electron chi connectivity index (χ1n) is 7.68. The highest BCUT2D eigenvalue weighted by molar-refractivity contribution is 6.07. The number of nitrogen functional groups attached to an aromatic ring is 1. The molecule has 1 aromatic heterocycles. The zero-order valence-electron chi connectivity index (χ0n) is 12.5. The maximum absolute atomic E-state index is 7.82. The van der Waals surface area contributed by atoms with Crippen molar-refractivity contribution in [2.45, 2.75) is 26.2 Å². The number of hydrogen-bond donors (Lipinski definition) is 2. The Morgan fingerprint density at radius 2 is 2.05 bits per heavy atom. The second kappa shape index (κ2) is 5.72. The van der Waals surface area contributed by atoms with Crippen LogP contribution in [0.3, 0.4) is 0 Å². The highest BCUT2D eigenvalue weighted by Crippen LogP contribution is 2.27. The van der Waals surface area contributed by atoms with E-state index in [2.05, 4.69) is 11.8 Å². The van der Waals surface area contributed by atoms with Crippen molar-refractivity contribution < 1.29 is 0 Å². The van der Waals surface area contributed by atoms with E-state index in [-0.39, 0.29) is 5.84 Å². The molecule has 4 nitrogen and oxygen atoms in total. The van der Waals surface area contributed by atoms with E-state index in [4.69, 9.17) is 16.1 Å². The summed E-state index contributed by atoms with van der Waals surface area (Å²) in [6, 6.07) is 9.88. The van der Waals surface area contributed by atoms with Gasteiger partial charge in [0.1, 0.15) is 11.7 Å². The first-order valence-corrected chi connectivity index (χ1v) is 7.68. The Kier molecular flexibility index (Phi) is 3.78. The maximum Gasteiger partial charge on any atom is 0.129 e. The van der Waals surface area contributed by atoms with Crippen molar-refractivity contribution >= 4 is 22.6 Å². The van der Waals surface area contributed by atoms with E-state index in [0.29, 0.717) is 0 Å². The number of amidine groups is 1. The van der Waals surface area contributed by atoms with Crippen LogP contribution in [0.15, 0.2) is 30.3 Å². The zero-order chi connectivity index (χ0) is 14.8. The molecule has 1 aliphatic rings. The van der Waals surface area contributed by atoms with Crippen LogP contribution >= 0.6 is 0 Å². The molecule has 2 aromatic rings. The van der Waals surface area contributed by atoms with Gasteiger partial charge >= 0.3 is 0 Å². The van der Waals surface area contributed by atoms with Crippen molar-refractivity contribution in [1.82, 2.24) is 4.98 Å². The molecule has 1 fully saturated rings. The minimum absolute atomic E-state index is 0.110. The molecule has 0 spiro atoms. The summed E-state index contributed by atoms with van der Waals surface area (Å²) in [5, 5.41) is 8.78. The summed E-state index contributed by atoms with van der Waals surface area (Å²) in [7, 11) is 0. The molecule has 0 atom stereocenters. The lowest BCUT2D eigenvalue weighted by molar-refractivity contribution is 0.394. The standard InChI is InChI=1S/C17H22N4/c1-2-12-7-9-21(10-8-12)16-11-14(17(18)19)13-5-3-4-6-15(13)20-16/h3-6,11-12H,2,7-10H2,1H3,(H3,18,19). The maximum atomic E-state index is 7.82. The number of pyridine rings is 1. The third-order valence-corrected chi connectivity index (χ3v) is 4.51. The molecule has 2 heterocycles. The summed E-state index contributed by atoms with van der Waals surface area (Å²) in [6.07, 6.45) is 3.71. The topological polar surface area (TPSA) is 66.0 Å². The van der Waals surface area contributed by atoms with Gasteiger partial charge in [-0.25, -0.2) is 4.98 Å². The molecular weight excluding hydrogens is 260 g/mol. The van der Waals surface area contributed by atoms with E-state index in [1.807, 2.05) is 30.3 Å². The fourth-order valence-corrected chi connectivity index (χ4v) is 3.12. The van der Waals surface area contributed by atoms with Crippen molar-refractivity contribution in [1.29, 1.82) is 5.41 Å². The summed E-state index contributed by atoms with van der Waals surface area (Å²) in [4.78, 5) is 7.09. The van der Waals surface area contributed by atoms with Gasteiger partial charge in [-0.3, -0.25) is 5.41 Å². The molecule has 3 N–H and O–H groups in total. The van der Waals surface area contributed by atoms with Gasteiger partial charge in [0, 0.05) is 24.0 Å². The zero-order valence-corrected chi connectivity index (χ0v) is 12.5. The van der Waals surface area contributed by atoms with Gasteiger partial charge in [-0.1, -0.05) is 31.5 Å². The lowest BCUT2D eigenvalue weighted by Gasteiger charge is -2.32. The van der Waals surface area contributed by atoms with Crippen LogP contribution < -0.4 is 10.6 Å². The minimum Gasteiger partial charge on any atom is -0.384 e. The van der Waals surface area contributed by atoms with Gasteiger partial charge in [0.25, 0.3) is 0 Å². The summed E-state index contributed by atoms with van der Waals surface area (Å²) in [6.45, 7) is 4.35. The molecule has 1 saturated heterocycles. The van der Waals surface area contributed by atoms with E-state index < -0.39 is 0 Å². The highest BCUT2D eigenvalue weighted by atomic mass is 15.2. The van der Waals surface area contributed by atoms with E-state index >= 15 is 0 Å². The van der Waals surface area contributed by atoms with Crippen molar-refractivity contribution in [3.05, 3.63) is 35.9 Å². The Hall–Kier alpha value is -2.10. The van der Waals surface area contributed by atoms with Crippen molar-refractivity contribution in [2.24, 2.45) is 11.7 Å². The molecule has 3 rings (SSSR count). The number of fused-ring (bicyclic) bond motifs is 1. The normalized spacial score (nSPS) is 16.3. The molecule has 1 aliphatic heterocycles. The van der Waals surface area contributed by atoms with Crippen LogP contribution in [0, 0.1) is 11.3 Å². The molecule has 0 amide bonds. The highest BCUT2D eigenvalue weighted by Gasteiger charge is 2.20. The lowest BCUT2D eigenvalue weighted by atomic mass is 9.94. The predicted molar refractivity (Wildman–Crippen MR) is 88.0 cm³/mol. The first-order chi connectivity index (χ1) is 10.2. The van der Waals surface area contributed by atoms with Gasteiger partial charge in [-0.05, 0) is 30.9 Å². The molecule has 110 valence electrons. The van der Waals surface area contributed by atoms with Gasteiger partial charge in [-0.15, -0.1) is 0 Å². The largest absolute Gasteiger partial charge is 0.384 e. The molecule has 1 aromatic carbocycles. The number of piperidine rings is 1. The number of nitrogens with two attached hydrogens (primary N) is 1. The summed E-state index contributed by atoms with van der Waals surface area (Å²) >= 11 is 0. The summed E-state index contributed by atoms with van der Waals surface area (Å²) in [5.74, 6) is 1.90. The monoisotopic (exact) mass is 282 g/mol. The van der Waals surface area contributed by atoms with Crippen LogP contribution in [0.25, 0.3) is 10.9 Å². The number of anilines is 1. The van der Waals surface area contributed by atoms with Gasteiger partial charge in [-0.2, -0.15) is 0 Å².